The van der Waals surface area contributed by atoms with E-state index >= 15 is 0 Å². The van der Waals surface area contributed by atoms with Crippen LogP contribution >= 0.6 is 0 Å². The van der Waals surface area contributed by atoms with Gasteiger partial charge in [-0.15, -0.1) is 0 Å². The minimum absolute atomic E-state index is 0.422. The van der Waals surface area contributed by atoms with Crippen molar-refractivity contribution in [3.05, 3.63) is 0 Å². The number of rotatable bonds is 4. The van der Waals surface area contributed by atoms with Gasteiger partial charge >= 0.3 is 0 Å². The van der Waals surface area contributed by atoms with Gasteiger partial charge in [0.05, 0.1) is 0 Å². The second kappa shape index (κ2) is 4.97. The van der Waals surface area contributed by atoms with Crippen molar-refractivity contribution >= 4 is 0 Å². The van der Waals surface area contributed by atoms with Crippen molar-refractivity contribution in [3.8, 4) is 0 Å². The second-order valence-electron chi connectivity index (χ2n) is 4.30. The first-order valence-electron chi connectivity index (χ1n) is 5.68. The monoisotopic (exact) mass is 184 g/mol. The molecule has 1 saturated carbocycles. The SMILES string of the molecule is CCC(CC)N(C)C1CCCC1N. The maximum Gasteiger partial charge on any atom is 0.0247 e. The van der Waals surface area contributed by atoms with Crippen molar-refractivity contribution in [2.24, 2.45) is 5.73 Å². The van der Waals surface area contributed by atoms with E-state index in [0.717, 1.165) is 6.04 Å². The second-order valence-corrected chi connectivity index (χ2v) is 4.30. The van der Waals surface area contributed by atoms with Crippen LogP contribution < -0.4 is 5.73 Å². The largest absolute Gasteiger partial charge is 0.326 e. The molecule has 2 atom stereocenters. The molecule has 1 fully saturated rings. The van der Waals surface area contributed by atoms with Crippen LogP contribution in [0.2, 0.25) is 0 Å². The van der Waals surface area contributed by atoms with Gasteiger partial charge < -0.3 is 5.73 Å². The first kappa shape index (κ1) is 11.0. The Balaban J connectivity index is 2.49. The summed E-state index contributed by atoms with van der Waals surface area (Å²) in [7, 11) is 2.24. The van der Waals surface area contributed by atoms with Gasteiger partial charge in [0.25, 0.3) is 0 Å². The lowest BCUT2D eigenvalue weighted by Crippen LogP contribution is -2.46. The molecule has 2 nitrogen and oxygen atoms in total. The standard InChI is InChI=1S/C11H24N2/c1-4-9(5-2)13(3)11-8-6-7-10(11)12/h9-11H,4-8,12H2,1-3H3. The summed E-state index contributed by atoms with van der Waals surface area (Å²) in [5.74, 6) is 0. The molecule has 2 N–H and O–H groups in total. The summed E-state index contributed by atoms with van der Waals surface area (Å²) >= 11 is 0. The van der Waals surface area contributed by atoms with Crippen LogP contribution in [0, 0.1) is 0 Å². The topological polar surface area (TPSA) is 29.3 Å². The van der Waals surface area contributed by atoms with E-state index in [4.69, 9.17) is 5.73 Å². The minimum Gasteiger partial charge on any atom is -0.326 e. The zero-order valence-electron chi connectivity index (χ0n) is 9.29. The summed E-state index contributed by atoms with van der Waals surface area (Å²) in [5, 5.41) is 0. The van der Waals surface area contributed by atoms with Crippen molar-refractivity contribution in [2.45, 2.75) is 64.1 Å². The summed E-state index contributed by atoms with van der Waals surface area (Å²) in [4.78, 5) is 2.51. The molecule has 1 rings (SSSR count). The van der Waals surface area contributed by atoms with Gasteiger partial charge in [-0.25, -0.2) is 0 Å². The Morgan fingerprint density at radius 1 is 1.31 bits per heavy atom. The molecule has 0 aromatic carbocycles. The quantitative estimate of drug-likeness (QED) is 0.724. The number of nitrogens with zero attached hydrogens (tertiary/aromatic N) is 1. The first-order valence-corrected chi connectivity index (χ1v) is 5.68. The molecule has 0 aromatic heterocycles. The maximum absolute atomic E-state index is 6.09. The van der Waals surface area contributed by atoms with Gasteiger partial charge in [0.15, 0.2) is 0 Å². The summed E-state index contributed by atoms with van der Waals surface area (Å²) in [6.07, 6.45) is 6.33. The van der Waals surface area contributed by atoms with E-state index in [0.29, 0.717) is 12.1 Å². The maximum atomic E-state index is 6.09. The fraction of sp³-hybridized carbons (Fsp3) is 1.00. The number of hydrogen-bond donors (Lipinski definition) is 1. The van der Waals surface area contributed by atoms with Crippen molar-refractivity contribution < 1.29 is 0 Å². The number of nitrogens with two attached hydrogens (primary N) is 1. The smallest absolute Gasteiger partial charge is 0.0247 e. The third kappa shape index (κ3) is 2.44. The summed E-state index contributed by atoms with van der Waals surface area (Å²) in [5.41, 5.74) is 6.09. The normalized spacial score (nSPS) is 29.1. The van der Waals surface area contributed by atoms with Gasteiger partial charge in [-0.2, -0.15) is 0 Å². The van der Waals surface area contributed by atoms with Crippen molar-refractivity contribution in [1.82, 2.24) is 4.90 Å². The molecule has 2 unspecified atom stereocenters. The average Bonchev–Trinajstić information content (AvgIpc) is 2.53. The van der Waals surface area contributed by atoms with Crippen molar-refractivity contribution in [3.63, 3.8) is 0 Å². The number of likely N-dealkylation sites (N-methyl/N-ethyl adjacent to an activating group) is 1. The molecular formula is C11H24N2. The zero-order chi connectivity index (χ0) is 9.84. The van der Waals surface area contributed by atoms with E-state index in [-0.39, 0.29) is 0 Å². The van der Waals surface area contributed by atoms with Gasteiger partial charge in [-0.3, -0.25) is 4.90 Å². The lowest BCUT2D eigenvalue weighted by atomic mass is 10.1. The summed E-state index contributed by atoms with van der Waals surface area (Å²) in [6.45, 7) is 4.54. The highest BCUT2D eigenvalue weighted by Crippen LogP contribution is 2.24. The van der Waals surface area contributed by atoms with Gasteiger partial charge in [-0.1, -0.05) is 20.3 Å². The molecule has 0 aliphatic heterocycles. The van der Waals surface area contributed by atoms with Gasteiger partial charge in [-0.05, 0) is 32.7 Å². The molecule has 0 bridgehead atoms. The Morgan fingerprint density at radius 2 is 1.92 bits per heavy atom. The third-order valence-corrected chi connectivity index (χ3v) is 3.57. The Bertz CT molecular complexity index is 143. The molecule has 0 saturated heterocycles. The van der Waals surface area contributed by atoms with Crippen LogP contribution in [0.4, 0.5) is 0 Å². The Labute approximate surface area is 82.5 Å². The van der Waals surface area contributed by atoms with Gasteiger partial charge in [0.1, 0.15) is 0 Å². The van der Waals surface area contributed by atoms with Crippen LogP contribution in [0.3, 0.4) is 0 Å². The van der Waals surface area contributed by atoms with Crippen LogP contribution in [0.1, 0.15) is 46.0 Å². The van der Waals surface area contributed by atoms with Crippen LogP contribution in [-0.2, 0) is 0 Å². The third-order valence-electron chi connectivity index (χ3n) is 3.57. The van der Waals surface area contributed by atoms with Crippen LogP contribution in [0.15, 0.2) is 0 Å². The molecule has 0 aromatic rings. The highest BCUT2D eigenvalue weighted by molar-refractivity contribution is 4.88. The zero-order valence-corrected chi connectivity index (χ0v) is 9.29. The molecule has 1 aliphatic carbocycles. The van der Waals surface area contributed by atoms with Crippen molar-refractivity contribution in [1.29, 1.82) is 0 Å². The highest BCUT2D eigenvalue weighted by atomic mass is 15.2. The van der Waals surface area contributed by atoms with E-state index in [2.05, 4.69) is 25.8 Å². The van der Waals surface area contributed by atoms with E-state index in [1.807, 2.05) is 0 Å². The average molecular weight is 184 g/mol. The predicted molar refractivity (Wildman–Crippen MR) is 57.7 cm³/mol. The molecular weight excluding hydrogens is 160 g/mol. The van der Waals surface area contributed by atoms with E-state index in [1.165, 1.54) is 32.1 Å². The lowest BCUT2D eigenvalue weighted by molar-refractivity contribution is 0.154. The Hall–Kier alpha value is -0.0800. The fourth-order valence-corrected chi connectivity index (χ4v) is 2.61. The Kier molecular flexibility index (Phi) is 4.20. The fourth-order valence-electron chi connectivity index (χ4n) is 2.61. The summed E-state index contributed by atoms with van der Waals surface area (Å²) < 4.78 is 0. The molecule has 0 radical (unpaired) electrons. The van der Waals surface area contributed by atoms with Gasteiger partial charge in [0.2, 0.25) is 0 Å². The highest BCUT2D eigenvalue weighted by Gasteiger charge is 2.29. The van der Waals surface area contributed by atoms with E-state index in [1.54, 1.807) is 0 Å². The van der Waals surface area contributed by atoms with E-state index in [9.17, 15) is 0 Å². The molecule has 78 valence electrons. The van der Waals surface area contributed by atoms with Crippen LogP contribution in [0.25, 0.3) is 0 Å². The molecule has 0 heterocycles. The predicted octanol–water partition coefficient (Wildman–Crippen LogP) is 1.99. The molecule has 0 amide bonds. The Morgan fingerprint density at radius 3 is 2.31 bits per heavy atom. The molecule has 13 heavy (non-hydrogen) atoms. The summed E-state index contributed by atoms with van der Waals surface area (Å²) in [6, 6.07) is 1.80. The lowest BCUT2D eigenvalue weighted by Gasteiger charge is -2.34. The minimum atomic E-state index is 0.422. The van der Waals surface area contributed by atoms with Crippen molar-refractivity contribution in [2.75, 3.05) is 7.05 Å². The molecule has 1 aliphatic rings. The first-order chi connectivity index (χ1) is 6.20. The van der Waals surface area contributed by atoms with Gasteiger partial charge in [0, 0.05) is 18.1 Å². The number of hydrogen-bond acceptors (Lipinski definition) is 2. The molecule has 2 heteroatoms. The van der Waals surface area contributed by atoms with E-state index < -0.39 is 0 Å². The van der Waals surface area contributed by atoms with Crippen LogP contribution in [0.5, 0.6) is 0 Å². The van der Waals surface area contributed by atoms with Crippen LogP contribution in [-0.4, -0.2) is 30.1 Å². The molecule has 0 spiro atoms.